The van der Waals surface area contributed by atoms with Crippen molar-refractivity contribution in [1.29, 1.82) is 0 Å². The molecule has 1 N–H and O–H groups in total. The van der Waals surface area contributed by atoms with E-state index in [4.69, 9.17) is 0 Å². The fourth-order valence-electron chi connectivity index (χ4n) is 2.25. The minimum atomic E-state index is 0.0457. The van der Waals surface area contributed by atoms with Gasteiger partial charge in [-0.2, -0.15) is 0 Å². The number of rotatable bonds is 3. The number of anilines is 2. The number of aryl methyl sites for hydroxylation is 2. The van der Waals surface area contributed by atoms with Crippen LogP contribution in [-0.4, -0.2) is 20.3 Å². The van der Waals surface area contributed by atoms with Crippen molar-refractivity contribution >= 4 is 28.3 Å². The lowest BCUT2D eigenvalue weighted by molar-refractivity contribution is 0.101. The number of imidazole rings is 1. The van der Waals surface area contributed by atoms with Crippen molar-refractivity contribution in [3.05, 3.63) is 47.9 Å². The Hall–Kier alpha value is -2.69. The summed E-state index contributed by atoms with van der Waals surface area (Å²) in [5, 5.41) is 3.22. The number of hydrogen-bond donors (Lipinski definition) is 1. The Labute approximate surface area is 122 Å². The van der Waals surface area contributed by atoms with Gasteiger partial charge in [-0.3, -0.25) is 4.79 Å². The predicted molar refractivity (Wildman–Crippen MR) is 83.0 cm³/mol. The minimum Gasteiger partial charge on any atom is -0.340 e. The molecule has 0 amide bonds. The van der Waals surface area contributed by atoms with Crippen LogP contribution in [0.4, 0.5) is 11.5 Å². The van der Waals surface area contributed by atoms with Crippen LogP contribution in [-0.2, 0) is 7.05 Å². The summed E-state index contributed by atoms with van der Waals surface area (Å²) in [5.74, 6) is 1.72. The molecular weight excluding hydrogens is 264 g/mol. The Balaban J connectivity index is 1.96. The highest BCUT2D eigenvalue weighted by Gasteiger charge is 2.07. The molecule has 1 aromatic carbocycles. The SMILES string of the molecule is CC(=O)c1cccc(Nc2cc3c(cn2)nc(C)n3C)c1. The highest BCUT2D eigenvalue weighted by atomic mass is 16.1. The molecular formula is C16H16N4O. The molecule has 2 aromatic heterocycles. The van der Waals surface area contributed by atoms with Gasteiger partial charge in [0.2, 0.25) is 0 Å². The lowest BCUT2D eigenvalue weighted by Crippen LogP contribution is -1.97. The van der Waals surface area contributed by atoms with Crippen molar-refractivity contribution in [2.24, 2.45) is 7.05 Å². The second-order valence-electron chi connectivity index (χ2n) is 5.04. The number of fused-ring (bicyclic) bond motifs is 1. The zero-order valence-corrected chi connectivity index (χ0v) is 12.2. The van der Waals surface area contributed by atoms with Gasteiger partial charge in [0.15, 0.2) is 5.78 Å². The molecule has 21 heavy (non-hydrogen) atoms. The molecule has 0 aliphatic rings. The molecule has 2 heterocycles. The van der Waals surface area contributed by atoms with E-state index in [9.17, 15) is 4.79 Å². The van der Waals surface area contributed by atoms with Crippen LogP contribution in [0.5, 0.6) is 0 Å². The Bertz CT molecular complexity index is 835. The molecule has 0 spiro atoms. The zero-order chi connectivity index (χ0) is 15.0. The van der Waals surface area contributed by atoms with Crippen molar-refractivity contribution in [2.75, 3.05) is 5.32 Å². The van der Waals surface area contributed by atoms with Gasteiger partial charge in [0, 0.05) is 24.4 Å². The van der Waals surface area contributed by atoms with E-state index in [2.05, 4.69) is 15.3 Å². The first-order valence-electron chi connectivity index (χ1n) is 6.71. The van der Waals surface area contributed by atoms with Gasteiger partial charge in [-0.05, 0) is 26.0 Å². The maximum Gasteiger partial charge on any atom is 0.159 e. The molecule has 106 valence electrons. The Morgan fingerprint density at radius 3 is 2.86 bits per heavy atom. The number of aromatic nitrogens is 3. The number of Topliss-reactive ketones (excluding diaryl/α,β-unsaturated/α-hetero) is 1. The third-order valence-electron chi connectivity index (χ3n) is 3.53. The first-order valence-corrected chi connectivity index (χ1v) is 6.71. The molecule has 0 radical (unpaired) electrons. The summed E-state index contributed by atoms with van der Waals surface area (Å²) in [6, 6.07) is 9.34. The molecule has 5 heteroatoms. The molecule has 0 unspecified atom stereocenters. The lowest BCUT2D eigenvalue weighted by atomic mass is 10.1. The van der Waals surface area contributed by atoms with Gasteiger partial charge >= 0.3 is 0 Å². The quantitative estimate of drug-likeness (QED) is 0.748. The molecule has 0 fully saturated rings. The molecule has 0 aliphatic carbocycles. The summed E-state index contributed by atoms with van der Waals surface area (Å²) in [7, 11) is 1.98. The Kier molecular flexibility index (Phi) is 3.17. The topological polar surface area (TPSA) is 59.8 Å². The van der Waals surface area contributed by atoms with Crippen LogP contribution in [0.15, 0.2) is 36.5 Å². The average molecular weight is 280 g/mol. The number of hydrogen-bond acceptors (Lipinski definition) is 4. The van der Waals surface area contributed by atoms with E-state index in [1.165, 1.54) is 0 Å². The van der Waals surface area contributed by atoms with Crippen LogP contribution in [0.3, 0.4) is 0 Å². The number of pyridine rings is 1. The van der Waals surface area contributed by atoms with Crippen LogP contribution in [0.2, 0.25) is 0 Å². The van der Waals surface area contributed by atoms with E-state index in [1.807, 2.05) is 42.8 Å². The number of benzene rings is 1. The van der Waals surface area contributed by atoms with Gasteiger partial charge in [0.1, 0.15) is 17.2 Å². The third-order valence-corrected chi connectivity index (χ3v) is 3.53. The Morgan fingerprint density at radius 1 is 1.29 bits per heavy atom. The first kappa shape index (κ1) is 13.3. The van der Waals surface area contributed by atoms with Gasteiger partial charge in [0.25, 0.3) is 0 Å². The van der Waals surface area contributed by atoms with E-state index >= 15 is 0 Å². The molecule has 0 aliphatic heterocycles. The van der Waals surface area contributed by atoms with Gasteiger partial charge in [-0.1, -0.05) is 12.1 Å². The number of nitrogens with one attached hydrogen (secondary N) is 1. The van der Waals surface area contributed by atoms with Crippen molar-refractivity contribution in [2.45, 2.75) is 13.8 Å². The molecule has 3 rings (SSSR count). The molecule has 0 saturated carbocycles. The van der Waals surface area contributed by atoms with Crippen LogP contribution in [0.1, 0.15) is 23.1 Å². The van der Waals surface area contributed by atoms with E-state index in [1.54, 1.807) is 19.2 Å². The van der Waals surface area contributed by atoms with Gasteiger partial charge in [-0.25, -0.2) is 9.97 Å². The monoisotopic (exact) mass is 280 g/mol. The second-order valence-corrected chi connectivity index (χ2v) is 5.04. The number of carbonyl (C=O) groups is 1. The molecule has 0 saturated heterocycles. The van der Waals surface area contributed by atoms with E-state index < -0.39 is 0 Å². The zero-order valence-electron chi connectivity index (χ0n) is 12.2. The van der Waals surface area contributed by atoms with Gasteiger partial charge in [-0.15, -0.1) is 0 Å². The van der Waals surface area contributed by atoms with E-state index in [0.29, 0.717) is 5.56 Å². The molecule has 0 bridgehead atoms. The Morgan fingerprint density at radius 2 is 2.10 bits per heavy atom. The van der Waals surface area contributed by atoms with Crippen molar-refractivity contribution in [3.8, 4) is 0 Å². The summed E-state index contributed by atoms with van der Waals surface area (Å²) < 4.78 is 2.02. The molecule has 0 atom stereocenters. The van der Waals surface area contributed by atoms with Crippen molar-refractivity contribution in [1.82, 2.24) is 14.5 Å². The highest BCUT2D eigenvalue weighted by Crippen LogP contribution is 2.21. The maximum atomic E-state index is 11.4. The maximum absolute atomic E-state index is 11.4. The summed E-state index contributed by atoms with van der Waals surface area (Å²) >= 11 is 0. The number of nitrogens with zero attached hydrogens (tertiary/aromatic N) is 3. The van der Waals surface area contributed by atoms with Crippen LogP contribution < -0.4 is 5.32 Å². The first-order chi connectivity index (χ1) is 10.0. The molecule has 5 nitrogen and oxygen atoms in total. The van der Waals surface area contributed by atoms with Gasteiger partial charge < -0.3 is 9.88 Å². The fourth-order valence-corrected chi connectivity index (χ4v) is 2.25. The number of ketones is 1. The highest BCUT2D eigenvalue weighted by molar-refractivity contribution is 5.95. The summed E-state index contributed by atoms with van der Waals surface area (Å²) in [6.45, 7) is 3.52. The second kappa shape index (κ2) is 5.01. The smallest absolute Gasteiger partial charge is 0.159 e. The summed E-state index contributed by atoms with van der Waals surface area (Å²) in [5.41, 5.74) is 3.41. The largest absolute Gasteiger partial charge is 0.340 e. The number of carbonyl (C=O) groups excluding carboxylic acids is 1. The standard InChI is InChI=1S/C16H16N4O/c1-10(21)12-5-4-6-13(7-12)19-16-8-15-14(9-17-16)18-11(2)20(15)3/h4-9H,1-3H3,(H,17,19). The van der Waals surface area contributed by atoms with Crippen LogP contribution in [0.25, 0.3) is 11.0 Å². The van der Waals surface area contributed by atoms with E-state index in [-0.39, 0.29) is 5.78 Å². The lowest BCUT2D eigenvalue weighted by Gasteiger charge is -2.07. The van der Waals surface area contributed by atoms with Crippen molar-refractivity contribution in [3.63, 3.8) is 0 Å². The average Bonchev–Trinajstić information content (AvgIpc) is 2.75. The third kappa shape index (κ3) is 2.50. The van der Waals surface area contributed by atoms with Gasteiger partial charge in [0.05, 0.1) is 11.7 Å². The van der Waals surface area contributed by atoms with Crippen LogP contribution in [0, 0.1) is 6.92 Å². The minimum absolute atomic E-state index is 0.0457. The van der Waals surface area contributed by atoms with Crippen molar-refractivity contribution < 1.29 is 4.79 Å². The summed E-state index contributed by atoms with van der Waals surface area (Å²) in [4.78, 5) is 20.2. The molecule has 3 aromatic rings. The van der Waals surface area contributed by atoms with E-state index in [0.717, 1.165) is 28.4 Å². The normalized spacial score (nSPS) is 10.8. The van der Waals surface area contributed by atoms with Crippen LogP contribution >= 0.6 is 0 Å². The fraction of sp³-hybridized carbons (Fsp3) is 0.188. The summed E-state index contributed by atoms with van der Waals surface area (Å²) in [6.07, 6.45) is 1.75. The predicted octanol–water partition coefficient (Wildman–Crippen LogP) is 3.22.